The number of hydrogen-bond donors (Lipinski definition) is 4. The highest BCUT2D eigenvalue weighted by atomic mass is 16.5. The smallest absolute Gasteiger partial charge is 0.271 e. The summed E-state index contributed by atoms with van der Waals surface area (Å²) in [5, 5.41) is 5.98. The quantitative estimate of drug-likeness (QED) is 0.534. The summed E-state index contributed by atoms with van der Waals surface area (Å²) in [5.41, 5.74) is 11.2. The number of anilines is 3. The Balaban J connectivity index is 2.27. The van der Waals surface area contributed by atoms with E-state index in [1.807, 2.05) is 0 Å². The number of carbonyl (C=O) groups excluding carboxylic acids is 2. The van der Waals surface area contributed by atoms with E-state index in [4.69, 9.17) is 16.2 Å². The number of amides is 2. The van der Waals surface area contributed by atoms with E-state index in [1.165, 1.54) is 19.5 Å². The van der Waals surface area contributed by atoms with Crippen molar-refractivity contribution in [1.82, 2.24) is 15.0 Å². The average molecular weight is 359 g/mol. The lowest BCUT2D eigenvalue weighted by Crippen LogP contribution is -2.34. The number of rotatable bonds is 8. The molecule has 2 amide bonds. The van der Waals surface area contributed by atoms with Crippen LogP contribution < -0.4 is 26.8 Å². The van der Waals surface area contributed by atoms with Crippen molar-refractivity contribution in [3.8, 4) is 5.88 Å². The maximum absolute atomic E-state index is 11.6. The van der Waals surface area contributed by atoms with Gasteiger partial charge in [0.1, 0.15) is 5.82 Å². The molecule has 2 aromatic heterocycles. The van der Waals surface area contributed by atoms with E-state index in [-0.39, 0.29) is 17.6 Å². The first-order valence-electron chi connectivity index (χ1n) is 7.81. The SMILES string of the molecule is COc1ccc(Nc2nc(NC(C)C(C)C(N)=O)cnc2C(N)=O)cn1. The van der Waals surface area contributed by atoms with Crippen molar-refractivity contribution in [2.45, 2.75) is 19.9 Å². The summed E-state index contributed by atoms with van der Waals surface area (Å²) in [5.74, 6) is -0.620. The molecule has 2 unspecified atom stereocenters. The van der Waals surface area contributed by atoms with Gasteiger partial charge in [-0.05, 0) is 13.0 Å². The van der Waals surface area contributed by atoms with Gasteiger partial charge in [-0.25, -0.2) is 15.0 Å². The Labute approximate surface area is 150 Å². The van der Waals surface area contributed by atoms with Crippen LogP contribution in [0.1, 0.15) is 24.3 Å². The van der Waals surface area contributed by atoms with Gasteiger partial charge in [-0.2, -0.15) is 0 Å². The van der Waals surface area contributed by atoms with E-state index in [1.54, 1.807) is 26.0 Å². The van der Waals surface area contributed by atoms with Crippen LogP contribution in [0.2, 0.25) is 0 Å². The number of pyridine rings is 1. The number of primary amides is 2. The van der Waals surface area contributed by atoms with Crippen LogP contribution in [0.3, 0.4) is 0 Å². The molecule has 0 aromatic carbocycles. The molecule has 26 heavy (non-hydrogen) atoms. The Kier molecular flexibility index (Phi) is 5.89. The number of nitrogens with two attached hydrogens (primary N) is 2. The molecule has 0 radical (unpaired) electrons. The number of carbonyl (C=O) groups is 2. The lowest BCUT2D eigenvalue weighted by molar-refractivity contribution is -0.121. The lowest BCUT2D eigenvalue weighted by Gasteiger charge is -2.19. The van der Waals surface area contributed by atoms with Gasteiger partial charge in [0.2, 0.25) is 11.8 Å². The number of nitrogens with zero attached hydrogens (tertiary/aromatic N) is 3. The molecule has 2 aromatic rings. The van der Waals surface area contributed by atoms with Crippen LogP contribution in [0.15, 0.2) is 24.5 Å². The van der Waals surface area contributed by atoms with Crippen molar-refractivity contribution in [2.75, 3.05) is 17.7 Å². The first-order chi connectivity index (χ1) is 12.3. The molecule has 0 spiro atoms. The molecule has 0 bridgehead atoms. The third-order valence-electron chi connectivity index (χ3n) is 3.79. The summed E-state index contributed by atoms with van der Waals surface area (Å²) in [7, 11) is 1.51. The molecule has 0 aliphatic heterocycles. The fourth-order valence-corrected chi connectivity index (χ4v) is 2.04. The van der Waals surface area contributed by atoms with Crippen LogP contribution in [0.4, 0.5) is 17.3 Å². The molecule has 0 saturated heterocycles. The van der Waals surface area contributed by atoms with Crippen molar-refractivity contribution in [3.05, 3.63) is 30.2 Å². The topological polar surface area (TPSA) is 158 Å². The standard InChI is InChI=1S/C16H21N7O3/c1-8(14(17)24)9(2)21-11-7-20-13(15(18)25)16(23-11)22-10-4-5-12(26-3)19-6-10/h4-9H,1-3H3,(H2,17,24)(H2,18,25)(H2,21,22,23). The molecule has 6 N–H and O–H groups in total. The van der Waals surface area contributed by atoms with Crippen LogP contribution in [-0.4, -0.2) is 39.9 Å². The number of aromatic nitrogens is 3. The summed E-state index contributed by atoms with van der Waals surface area (Å²) >= 11 is 0. The first kappa shape index (κ1) is 18.9. The number of nitrogens with one attached hydrogen (secondary N) is 2. The Morgan fingerprint density at radius 2 is 1.88 bits per heavy atom. The second-order valence-electron chi connectivity index (χ2n) is 5.65. The average Bonchev–Trinajstić information content (AvgIpc) is 2.61. The second-order valence-corrected chi connectivity index (χ2v) is 5.65. The maximum atomic E-state index is 11.6. The highest BCUT2D eigenvalue weighted by molar-refractivity contribution is 5.96. The molecule has 10 heteroatoms. The monoisotopic (exact) mass is 359 g/mol. The Bertz CT molecular complexity index is 795. The fraction of sp³-hybridized carbons (Fsp3) is 0.312. The fourth-order valence-electron chi connectivity index (χ4n) is 2.04. The van der Waals surface area contributed by atoms with E-state index in [0.717, 1.165) is 0 Å². The van der Waals surface area contributed by atoms with Gasteiger partial charge in [0.15, 0.2) is 11.5 Å². The Morgan fingerprint density at radius 1 is 1.15 bits per heavy atom. The zero-order valence-corrected chi connectivity index (χ0v) is 14.7. The van der Waals surface area contributed by atoms with Crippen LogP contribution in [0.5, 0.6) is 5.88 Å². The van der Waals surface area contributed by atoms with E-state index < -0.39 is 17.7 Å². The van der Waals surface area contributed by atoms with E-state index >= 15 is 0 Å². The number of ether oxygens (including phenoxy) is 1. The van der Waals surface area contributed by atoms with Crippen molar-refractivity contribution in [3.63, 3.8) is 0 Å². The van der Waals surface area contributed by atoms with E-state index in [9.17, 15) is 9.59 Å². The third kappa shape index (κ3) is 4.56. The predicted octanol–water partition coefficient (Wildman–Crippen LogP) is 0.645. The lowest BCUT2D eigenvalue weighted by atomic mass is 10.0. The third-order valence-corrected chi connectivity index (χ3v) is 3.79. The predicted molar refractivity (Wildman–Crippen MR) is 96.1 cm³/mol. The van der Waals surface area contributed by atoms with Crippen LogP contribution >= 0.6 is 0 Å². The molecular weight excluding hydrogens is 338 g/mol. The summed E-state index contributed by atoms with van der Waals surface area (Å²) < 4.78 is 5.00. The minimum atomic E-state index is -0.730. The van der Waals surface area contributed by atoms with Gasteiger partial charge in [0, 0.05) is 12.1 Å². The molecular formula is C16H21N7O3. The van der Waals surface area contributed by atoms with Crippen LogP contribution in [0, 0.1) is 5.92 Å². The van der Waals surface area contributed by atoms with Gasteiger partial charge >= 0.3 is 0 Å². The molecule has 0 saturated carbocycles. The second kappa shape index (κ2) is 8.10. The highest BCUT2D eigenvalue weighted by Gasteiger charge is 2.19. The molecule has 2 atom stereocenters. The summed E-state index contributed by atoms with van der Waals surface area (Å²) in [4.78, 5) is 35.3. The van der Waals surface area contributed by atoms with Crippen LogP contribution in [0.25, 0.3) is 0 Å². The van der Waals surface area contributed by atoms with Crippen molar-refractivity contribution < 1.29 is 14.3 Å². The van der Waals surface area contributed by atoms with Gasteiger partial charge in [-0.3, -0.25) is 9.59 Å². The van der Waals surface area contributed by atoms with Gasteiger partial charge in [-0.15, -0.1) is 0 Å². The minimum Gasteiger partial charge on any atom is -0.481 e. The summed E-state index contributed by atoms with van der Waals surface area (Å²) in [6.07, 6.45) is 2.88. The first-order valence-corrected chi connectivity index (χ1v) is 7.81. The van der Waals surface area contributed by atoms with Gasteiger partial charge in [0.05, 0.1) is 31.1 Å². The molecule has 0 fully saturated rings. The number of hydrogen-bond acceptors (Lipinski definition) is 8. The maximum Gasteiger partial charge on any atom is 0.271 e. The minimum absolute atomic E-state index is 0.0260. The van der Waals surface area contributed by atoms with Crippen molar-refractivity contribution in [1.29, 1.82) is 0 Å². The molecule has 0 aliphatic carbocycles. The van der Waals surface area contributed by atoms with E-state index in [0.29, 0.717) is 17.4 Å². The van der Waals surface area contributed by atoms with Crippen molar-refractivity contribution in [2.24, 2.45) is 17.4 Å². The summed E-state index contributed by atoms with van der Waals surface area (Å²) in [6, 6.07) is 3.07. The van der Waals surface area contributed by atoms with Gasteiger partial charge in [-0.1, -0.05) is 6.92 Å². The van der Waals surface area contributed by atoms with Crippen LogP contribution in [-0.2, 0) is 4.79 Å². The largest absolute Gasteiger partial charge is 0.481 e. The van der Waals surface area contributed by atoms with Gasteiger partial charge < -0.3 is 26.8 Å². The molecule has 2 heterocycles. The molecule has 10 nitrogen and oxygen atoms in total. The summed E-state index contributed by atoms with van der Waals surface area (Å²) in [6.45, 7) is 3.49. The highest BCUT2D eigenvalue weighted by Crippen LogP contribution is 2.21. The zero-order valence-electron chi connectivity index (χ0n) is 14.7. The Morgan fingerprint density at radius 3 is 2.42 bits per heavy atom. The van der Waals surface area contributed by atoms with Gasteiger partial charge in [0.25, 0.3) is 5.91 Å². The zero-order chi connectivity index (χ0) is 19.3. The number of methoxy groups -OCH3 is 1. The van der Waals surface area contributed by atoms with Crippen molar-refractivity contribution >= 4 is 29.1 Å². The molecule has 138 valence electrons. The molecule has 2 rings (SSSR count). The molecule has 0 aliphatic rings. The Hall–Kier alpha value is -3.43. The normalized spacial score (nSPS) is 12.7. The van der Waals surface area contributed by atoms with E-state index in [2.05, 4.69) is 25.6 Å².